The minimum Gasteiger partial charge on any atom is -0.465 e. The van der Waals surface area contributed by atoms with Crippen LogP contribution in [0.5, 0.6) is 0 Å². The molecule has 0 saturated carbocycles. The van der Waals surface area contributed by atoms with Crippen molar-refractivity contribution in [2.45, 2.75) is 4.90 Å². The van der Waals surface area contributed by atoms with Crippen molar-refractivity contribution >= 4 is 39.3 Å². The lowest BCUT2D eigenvalue weighted by molar-refractivity contribution is -0.112. The molecule has 166 valence electrons. The van der Waals surface area contributed by atoms with Gasteiger partial charge < -0.3 is 20.1 Å². The lowest BCUT2D eigenvalue weighted by atomic mass is 10.1. The van der Waals surface area contributed by atoms with Gasteiger partial charge in [-0.05, 0) is 42.5 Å². The molecule has 0 bridgehead atoms. The summed E-state index contributed by atoms with van der Waals surface area (Å²) in [5.74, 6) is -2.23. The van der Waals surface area contributed by atoms with Crippen molar-refractivity contribution in [1.29, 1.82) is 5.26 Å². The molecule has 0 saturated heterocycles. The summed E-state index contributed by atoms with van der Waals surface area (Å²) in [6.07, 6.45) is 1.02. The summed E-state index contributed by atoms with van der Waals surface area (Å²) in [5.41, 5.74) is -0.0136. The van der Waals surface area contributed by atoms with E-state index in [1.54, 1.807) is 6.07 Å². The Morgan fingerprint density at radius 1 is 1.03 bits per heavy atom. The summed E-state index contributed by atoms with van der Waals surface area (Å²) in [4.78, 5) is 35.7. The topological polar surface area (TPSA) is 172 Å². The summed E-state index contributed by atoms with van der Waals surface area (Å²) in [5, 5.41) is 14.3. The summed E-state index contributed by atoms with van der Waals surface area (Å²) >= 11 is 0. The van der Waals surface area contributed by atoms with E-state index >= 15 is 0 Å². The maximum absolute atomic E-state index is 12.4. The van der Waals surface area contributed by atoms with Gasteiger partial charge in [-0.15, -0.1) is 0 Å². The number of anilines is 2. The molecule has 0 spiro atoms. The summed E-state index contributed by atoms with van der Waals surface area (Å²) in [6.45, 7) is 0. The predicted octanol–water partition coefficient (Wildman–Crippen LogP) is 1.96. The van der Waals surface area contributed by atoms with Gasteiger partial charge in [-0.2, -0.15) is 13.7 Å². The molecule has 0 heterocycles. The number of benzene rings is 2. The zero-order chi connectivity index (χ0) is 23.9. The molecule has 2 aromatic rings. The van der Waals surface area contributed by atoms with Crippen molar-refractivity contribution in [3.8, 4) is 6.07 Å². The third kappa shape index (κ3) is 5.91. The van der Waals surface area contributed by atoms with E-state index in [1.165, 1.54) is 37.4 Å². The number of amides is 1. The maximum Gasteiger partial charge on any atom is 0.339 e. The highest BCUT2D eigenvalue weighted by Gasteiger charge is 2.16. The first-order valence-electron chi connectivity index (χ1n) is 8.67. The minimum atomic E-state index is -4.39. The highest BCUT2D eigenvalue weighted by atomic mass is 32.2. The largest absolute Gasteiger partial charge is 0.465 e. The van der Waals surface area contributed by atoms with Crippen molar-refractivity contribution < 1.29 is 36.8 Å². The number of carbonyl (C=O) groups is 3. The van der Waals surface area contributed by atoms with E-state index in [4.69, 9.17) is 4.55 Å². The highest BCUT2D eigenvalue weighted by Crippen LogP contribution is 2.20. The smallest absolute Gasteiger partial charge is 0.339 e. The Labute approximate surface area is 183 Å². The normalized spacial score (nSPS) is 11.1. The number of nitrogens with one attached hydrogen (secondary N) is 2. The zero-order valence-electron chi connectivity index (χ0n) is 16.8. The van der Waals surface area contributed by atoms with Gasteiger partial charge in [0.15, 0.2) is 0 Å². The van der Waals surface area contributed by atoms with Gasteiger partial charge in [0.05, 0.1) is 35.9 Å². The summed E-state index contributed by atoms with van der Waals surface area (Å²) in [6, 6.07) is 10.2. The number of nitriles is 1. The first-order chi connectivity index (χ1) is 15.1. The molecule has 11 nitrogen and oxygen atoms in total. The van der Waals surface area contributed by atoms with Crippen molar-refractivity contribution in [3.63, 3.8) is 0 Å². The van der Waals surface area contributed by atoms with Gasteiger partial charge in [0, 0.05) is 11.9 Å². The van der Waals surface area contributed by atoms with Crippen LogP contribution in [-0.4, -0.2) is 45.0 Å². The highest BCUT2D eigenvalue weighted by molar-refractivity contribution is 7.85. The number of ether oxygens (including phenoxy) is 2. The van der Waals surface area contributed by atoms with Gasteiger partial charge in [-0.3, -0.25) is 9.35 Å². The van der Waals surface area contributed by atoms with Crippen LogP contribution in [0.15, 0.2) is 59.1 Å². The molecule has 0 aliphatic carbocycles. The van der Waals surface area contributed by atoms with Crippen LogP contribution in [0.25, 0.3) is 0 Å². The van der Waals surface area contributed by atoms with Crippen LogP contribution < -0.4 is 10.6 Å². The molecule has 0 aliphatic heterocycles. The molecule has 0 aromatic heterocycles. The first-order valence-corrected chi connectivity index (χ1v) is 10.1. The average Bonchev–Trinajstić information content (AvgIpc) is 2.78. The molecule has 0 radical (unpaired) electrons. The Morgan fingerprint density at radius 3 is 2.19 bits per heavy atom. The SMILES string of the molecule is COC(=O)c1ccc(C(=O)OC)c(N/C=C(/C#N)C(=O)Nc2ccc(S(=O)(=O)O)cc2)c1. The minimum absolute atomic E-state index is 0.0369. The van der Waals surface area contributed by atoms with Crippen LogP contribution in [0.1, 0.15) is 20.7 Å². The Bertz CT molecular complexity index is 1230. The lowest BCUT2D eigenvalue weighted by Gasteiger charge is -2.10. The van der Waals surface area contributed by atoms with E-state index < -0.39 is 33.5 Å². The second-order valence-electron chi connectivity index (χ2n) is 6.01. The van der Waals surface area contributed by atoms with Gasteiger partial charge >= 0.3 is 11.9 Å². The molecule has 0 atom stereocenters. The zero-order valence-corrected chi connectivity index (χ0v) is 17.6. The monoisotopic (exact) mass is 459 g/mol. The third-order valence-electron chi connectivity index (χ3n) is 3.99. The fourth-order valence-electron chi connectivity index (χ4n) is 2.40. The summed E-state index contributed by atoms with van der Waals surface area (Å²) < 4.78 is 40.4. The molecule has 0 fully saturated rings. The van der Waals surface area contributed by atoms with Crippen molar-refractivity contribution in [3.05, 3.63) is 65.4 Å². The first kappa shape index (κ1) is 24.1. The van der Waals surface area contributed by atoms with Crippen molar-refractivity contribution in [1.82, 2.24) is 0 Å². The number of carbonyl (C=O) groups excluding carboxylic acids is 3. The molecule has 32 heavy (non-hydrogen) atoms. The molecule has 2 rings (SSSR count). The molecule has 0 unspecified atom stereocenters. The number of methoxy groups -OCH3 is 2. The lowest BCUT2D eigenvalue weighted by Crippen LogP contribution is -2.15. The van der Waals surface area contributed by atoms with Gasteiger partial charge in [-0.25, -0.2) is 9.59 Å². The Hall–Kier alpha value is -4.21. The number of rotatable bonds is 7. The van der Waals surface area contributed by atoms with Gasteiger partial charge in [0.25, 0.3) is 16.0 Å². The van der Waals surface area contributed by atoms with E-state index in [0.717, 1.165) is 25.4 Å². The van der Waals surface area contributed by atoms with Crippen LogP contribution in [0.4, 0.5) is 11.4 Å². The average molecular weight is 459 g/mol. The van der Waals surface area contributed by atoms with Crippen molar-refractivity contribution in [2.75, 3.05) is 24.9 Å². The maximum atomic E-state index is 12.4. The molecular formula is C20H17N3O8S. The Balaban J connectivity index is 2.28. The van der Waals surface area contributed by atoms with E-state index in [2.05, 4.69) is 20.1 Å². The Morgan fingerprint density at radius 2 is 1.66 bits per heavy atom. The van der Waals surface area contributed by atoms with Crippen LogP contribution in [-0.2, 0) is 24.4 Å². The number of esters is 2. The predicted molar refractivity (Wildman–Crippen MR) is 111 cm³/mol. The third-order valence-corrected chi connectivity index (χ3v) is 4.86. The van der Waals surface area contributed by atoms with Crippen LogP contribution in [0.2, 0.25) is 0 Å². The van der Waals surface area contributed by atoms with E-state index in [1.807, 2.05) is 0 Å². The number of hydrogen-bond acceptors (Lipinski definition) is 9. The molecule has 1 amide bonds. The van der Waals surface area contributed by atoms with Crippen molar-refractivity contribution in [2.24, 2.45) is 0 Å². The Kier molecular flexibility index (Phi) is 7.67. The standard InChI is InChI=1S/C20H17N3O8S/c1-30-19(25)12-3-8-16(20(26)31-2)17(9-12)22-11-13(10-21)18(24)23-14-4-6-15(7-5-14)32(27,28)29/h3-9,11,22H,1-2H3,(H,23,24)(H,27,28,29)/b13-11-. The van der Waals surface area contributed by atoms with Crippen LogP contribution in [0.3, 0.4) is 0 Å². The number of hydrogen-bond donors (Lipinski definition) is 3. The fraction of sp³-hybridized carbons (Fsp3) is 0.100. The van der Waals surface area contributed by atoms with Gasteiger partial charge in [0.1, 0.15) is 11.6 Å². The molecular weight excluding hydrogens is 442 g/mol. The molecule has 12 heteroatoms. The summed E-state index contributed by atoms with van der Waals surface area (Å²) in [7, 11) is -2.04. The van der Waals surface area contributed by atoms with E-state index in [9.17, 15) is 28.1 Å². The molecule has 3 N–H and O–H groups in total. The molecule has 0 aliphatic rings. The number of nitrogens with zero attached hydrogens (tertiary/aromatic N) is 1. The quantitative estimate of drug-likeness (QED) is 0.240. The van der Waals surface area contributed by atoms with Crippen LogP contribution >= 0.6 is 0 Å². The van der Waals surface area contributed by atoms with Crippen LogP contribution in [0, 0.1) is 11.3 Å². The fourth-order valence-corrected chi connectivity index (χ4v) is 2.88. The van der Waals surface area contributed by atoms with Gasteiger partial charge in [0.2, 0.25) is 0 Å². The second-order valence-corrected chi connectivity index (χ2v) is 7.43. The van der Waals surface area contributed by atoms with E-state index in [0.29, 0.717) is 0 Å². The van der Waals surface area contributed by atoms with E-state index in [-0.39, 0.29) is 27.4 Å². The van der Waals surface area contributed by atoms with Gasteiger partial charge in [-0.1, -0.05) is 0 Å². The second kappa shape index (κ2) is 10.2. The molecule has 2 aromatic carbocycles.